The van der Waals surface area contributed by atoms with Crippen molar-refractivity contribution in [3.8, 4) is 0 Å². The number of benzene rings is 3. The summed E-state index contributed by atoms with van der Waals surface area (Å²) in [6, 6.07) is 21.2. The van der Waals surface area contributed by atoms with E-state index in [2.05, 4.69) is 10.6 Å². The lowest BCUT2D eigenvalue weighted by Crippen LogP contribution is -2.43. The molecule has 0 spiro atoms. The van der Waals surface area contributed by atoms with Gasteiger partial charge in [-0.3, -0.25) is 9.59 Å². The number of nitrogens with one attached hydrogen (secondary N) is 2. The van der Waals surface area contributed by atoms with Crippen LogP contribution in [0.15, 0.2) is 83.8 Å². The molecule has 0 bridgehead atoms. The number of amides is 2. The van der Waals surface area contributed by atoms with Crippen molar-refractivity contribution in [1.29, 1.82) is 0 Å². The third-order valence-corrected chi connectivity index (χ3v) is 8.06. The molecule has 0 radical (unpaired) electrons. The first-order valence-corrected chi connectivity index (χ1v) is 13.3. The molecule has 9 heteroatoms. The number of hydrogen-bond donors (Lipinski definition) is 2. The number of sulfonamides is 1. The van der Waals surface area contributed by atoms with Crippen molar-refractivity contribution in [3.05, 3.63) is 95.8 Å². The van der Waals surface area contributed by atoms with Gasteiger partial charge in [0.1, 0.15) is 5.82 Å². The number of nitrogens with zero attached hydrogens (tertiary/aromatic N) is 1. The van der Waals surface area contributed by atoms with Gasteiger partial charge in [-0.2, -0.15) is 4.31 Å². The normalized spacial score (nSPS) is 16.3. The number of halogens is 1. The first-order chi connectivity index (χ1) is 17.3. The van der Waals surface area contributed by atoms with Crippen LogP contribution in [0.25, 0.3) is 0 Å². The smallest absolute Gasteiger partial charge is 0.253 e. The summed E-state index contributed by atoms with van der Waals surface area (Å²) in [5.41, 5.74) is 1.82. The van der Waals surface area contributed by atoms with Gasteiger partial charge in [-0.05, 0) is 61.2 Å². The Morgan fingerprint density at radius 3 is 2.39 bits per heavy atom. The van der Waals surface area contributed by atoms with Crippen molar-refractivity contribution in [3.63, 3.8) is 0 Å². The summed E-state index contributed by atoms with van der Waals surface area (Å²) in [5.74, 6) is -1.75. The predicted octanol–water partition coefficient (Wildman–Crippen LogP) is 3.84. The molecule has 0 aromatic heterocycles. The van der Waals surface area contributed by atoms with Crippen LogP contribution in [0.5, 0.6) is 0 Å². The highest BCUT2D eigenvalue weighted by molar-refractivity contribution is 7.89. The van der Waals surface area contributed by atoms with E-state index < -0.39 is 21.8 Å². The lowest BCUT2D eigenvalue weighted by molar-refractivity contribution is -0.120. The summed E-state index contributed by atoms with van der Waals surface area (Å²) in [5, 5.41) is 5.70. The summed E-state index contributed by atoms with van der Waals surface area (Å²) in [7, 11) is -3.85. The molecular formula is C27H28FN3O4S. The second-order valence-corrected chi connectivity index (χ2v) is 10.6. The first kappa shape index (κ1) is 25.5. The van der Waals surface area contributed by atoms with E-state index in [-0.39, 0.29) is 29.8 Å². The molecule has 0 aliphatic carbocycles. The van der Waals surface area contributed by atoms with Crippen LogP contribution >= 0.6 is 0 Å². The molecule has 2 N–H and O–H groups in total. The minimum Gasteiger partial charge on any atom is -0.352 e. The van der Waals surface area contributed by atoms with E-state index in [9.17, 15) is 22.4 Å². The third-order valence-electron chi connectivity index (χ3n) is 6.18. The van der Waals surface area contributed by atoms with Crippen LogP contribution in [0.1, 0.15) is 28.8 Å². The maximum Gasteiger partial charge on any atom is 0.253 e. The summed E-state index contributed by atoms with van der Waals surface area (Å²) in [6.45, 7) is 0.741. The maximum absolute atomic E-state index is 13.2. The Kier molecular flexibility index (Phi) is 8.12. The molecule has 36 heavy (non-hydrogen) atoms. The lowest BCUT2D eigenvalue weighted by Gasteiger charge is -2.31. The third kappa shape index (κ3) is 6.16. The Morgan fingerprint density at radius 2 is 1.64 bits per heavy atom. The highest BCUT2D eigenvalue weighted by atomic mass is 32.2. The standard InChI is InChI=1S/C27H28FN3O4S/c28-22-12-14-23(15-13-22)36(34,35)31-18-6-9-21(19-31)26(32)30-25-11-5-4-10-24(25)27(33)29-17-16-20-7-2-1-3-8-20/h1-5,7-8,10-15,21H,6,9,16-19H2,(H,29,33)(H,30,32). The molecule has 1 atom stereocenters. The van der Waals surface area contributed by atoms with E-state index in [4.69, 9.17) is 0 Å². The van der Waals surface area contributed by atoms with Gasteiger partial charge in [0.2, 0.25) is 15.9 Å². The molecule has 4 rings (SSSR count). The average molecular weight is 510 g/mol. The Labute approximate surface area is 210 Å². The average Bonchev–Trinajstić information content (AvgIpc) is 2.90. The molecule has 1 aliphatic rings. The Bertz CT molecular complexity index is 1310. The van der Waals surface area contributed by atoms with Gasteiger partial charge in [0.25, 0.3) is 5.91 Å². The molecule has 188 valence electrons. The van der Waals surface area contributed by atoms with Crippen molar-refractivity contribution in [1.82, 2.24) is 9.62 Å². The summed E-state index contributed by atoms with van der Waals surface area (Å²) in [6.07, 6.45) is 1.72. The summed E-state index contributed by atoms with van der Waals surface area (Å²) >= 11 is 0. The second-order valence-electron chi connectivity index (χ2n) is 8.68. The van der Waals surface area contributed by atoms with E-state index in [1.807, 2.05) is 30.3 Å². The quantitative estimate of drug-likeness (QED) is 0.482. The molecule has 1 heterocycles. The number of para-hydroxylation sites is 1. The fourth-order valence-corrected chi connectivity index (χ4v) is 5.74. The van der Waals surface area contributed by atoms with Crippen LogP contribution in [0.2, 0.25) is 0 Å². The molecule has 2 amide bonds. The van der Waals surface area contributed by atoms with Gasteiger partial charge in [-0.1, -0.05) is 42.5 Å². The van der Waals surface area contributed by atoms with Crippen molar-refractivity contribution in [2.24, 2.45) is 5.92 Å². The van der Waals surface area contributed by atoms with Gasteiger partial charge in [0.05, 0.1) is 22.1 Å². The van der Waals surface area contributed by atoms with Crippen molar-refractivity contribution >= 4 is 27.5 Å². The molecule has 7 nitrogen and oxygen atoms in total. The van der Waals surface area contributed by atoms with Crippen LogP contribution < -0.4 is 10.6 Å². The van der Waals surface area contributed by atoms with Crippen molar-refractivity contribution in [2.45, 2.75) is 24.2 Å². The Morgan fingerprint density at radius 1 is 0.944 bits per heavy atom. The van der Waals surface area contributed by atoms with Gasteiger partial charge >= 0.3 is 0 Å². The van der Waals surface area contributed by atoms with E-state index in [0.717, 1.165) is 17.7 Å². The van der Waals surface area contributed by atoms with E-state index in [1.54, 1.807) is 24.3 Å². The number of piperidine rings is 1. The van der Waals surface area contributed by atoms with E-state index in [1.165, 1.54) is 16.4 Å². The zero-order valence-corrected chi connectivity index (χ0v) is 20.5. The topological polar surface area (TPSA) is 95.6 Å². The molecule has 0 saturated carbocycles. The number of rotatable bonds is 8. The molecule has 3 aromatic carbocycles. The Balaban J connectivity index is 1.39. The molecule has 1 aliphatic heterocycles. The highest BCUT2D eigenvalue weighted by Gasteiger charge is 2.33. The lowest BCUT2D eigenvalue weighted by atomic mass is 9.98. The fraction of sp³-hybridized carbons (Fsp3) is 0.259. The summed E-state index contributed by atoms with van der Waals surface area (Å²) in [4.78, 5) is 25.9. The van der Waals surface area contributed by atoms with Gasteiger partial charge in [-0.15, -0.1) is 0 Å². The van der Waals surface area contributed by atoms with E-state index in [0.29, 0.717) is 37.1 Å². The van der Waals surface area contributed by atoms with Crippen LogP contribution in [0.3, 0.4) is 0 Å². The van der Waals surface area contributed by atoms with Gasteiger partial charge in [0, 0.05) is 19.6 Å². The SMILES string of the molecule is O=C(NCCc1ccccc1)c1ccccc1NC(=O)C1CCCN(S(=O)(=O)c2ccc(F)cc2)C1. The van der Waals surface area contributed by atoms with Crippen LogP contribution in [-0.2, 0) is 21.2 Å². The zero-order valence-electron chi connectivity index (χ0n) is 19.7. The van der Waals surface area contributed by atoms with Crippen LogP contribution in [0.4, 0.5) is 10.1 Å². The number of anilines is 1. The van der Waals surface area contributed by atoms with Crippen LogP contribution in [-0.4, -0.2) is 44.2 Å². The van der Waals surface area contributed by atoms with Crippen molar-refractivity contribution in [2.75, 3.05) is 25.0 Å². The first-order valence-electron chi connectivity index (χ1n) is 11.8. The predicted molar refractivity (Wildman–Crippen MR) is 135 cm³/mol. The molecule has 1 fully saturated rings. The molecule has 1 unspecified atom stereocenters. The number of carbonyl (C=O) groups excluding carboxylic acids is 2. The molecule has 1 saturated heterocycles. The molecular weight excluding hydrogens is 481 g/mol. The van der Waals surface area contributed by atoms with Gasteiger partial charge < -0.3 is 10.6 Å². The van der Waals surface area contributed by atoms with Gasteiger partial charge in [-0.25, -0.2) is 12.8 Å². The van der Waals surface area contributed by atoms with Crippen molar-refractivity contribution < 1.29 is 22.4 Å². The fourth-order valence-electron chi connectivity index (χ4n) is 4.22. The highest BCUT2D eigenvalue weighted by Crippen LogP contribution is 2.25. The maximum atomic E-state index is 13.2. The zero-order chi connectivity index (χ0) is 25.5. The minimum absolute atomic E-state index is 0.0109. The second kappa shape index (κ2) is 11.5. The Hall–Kier alpha value is -3.56. The molecule has 3 aromatic rings. The number of hydrogen-bond acceptors (Lipinski definition) is 4. The minimum atomic E-state index is -3.85. The van der Waals surface area contributed by atoms with Crippen LogP contribution in [0, 0.1) is 11.7 Å². The van der Waals surface area contributed by atoms with E-state index >= 15 is 0 Å². The van der Waals surface area contributed by atoms with Gasteiger partial charge in [0.15, 0.2) is 0 Å². The summed E-state index contributed by atoms with van der Waals surface area (Å²) < 4.78 is 40.5. The monoisotopic (exact) mass is 509 g/mol. The largest absolute Gasteiger partial charge is 0.352 e. The number of carbonyl (C=O) groups is 2.